The number of amides is 1. The first-order valence-corrected chi connectivity index (χ1v) is 11.6. The van der Waals surface area contributed by atoms with Gasteiger partial charge < -0.3 is 5.32 Å². The summed E-state index contributed by atoms with van der Waals surface area (Å²) in [7, 11) is 0. The Morgan fingerprint density at radius 3 is 2.69 bits per heavy atom. The van der Waals surface area contributed by atoms with E-state index in [1.807, 2.05) is 56.3 Å². The van der Waals surface area contributed by atoms with Gasteiger partial charge in [0.1, 0.15) is 11.3 Å². The van der Waals surface area contributed by atoms with Crippen LogP contribution in [0.4, 0.5) is 4.39 Å². The van der Waals surface area contributed by atoms with Crippen molar-refractivity contribution in [2.24, 2.45) is 0 Å². The fourth-order valence-electron chi connectivity index (χ4n) is 3.32. The molecule has 0 radical (unpaired) electrons. The van der Waals surface area contributed by atoms with Gasteiger partial charge in [0.05, 0.1) is 6.54 Å². The number of aromatic nitrogens is 3. The molecule has 0 spiro atoms. The van der Waals surface area contributed by atoms with Crippen LogP contribution in [0.1, 0.15) is 41.8 Å². The Kier molecular flexibility index (Phi) is 6.85. The Bertz CT molecular complexity index is 1220. The molecular formula is C25H25FN4OS. The van der Waals surface area contributed by atoms with Crippen molar-refractivity contribution >= 4 is 28.8 Å². The van der Waals surface area contributed by atoms with Gasteiger partial charge in [-0.1, -0.05) is 43.0 Å². The summed E-state index contributed by atoms with van der Waals surface area (Å²) in [6, 6.07) is 18.2. The zero-order chi connectivity index (χ0) is 22.5. The van der Waals surface area contributed by atoms with E-state index in [1.54, 1.807) is 30.1 Å². The molecule has 1 atom stereocenters. The van der Waals surface area contributed by atoms with Gasteiger partial charge in [-0.3, -0.25) is 9.36 Å². The fourth-order valence-corrected chi connectivity index (χ4v) is 4.26. The average Bonchev–Trinajstić information content (AvgIpc) is 3.15. The Hall–Kier alpha value is -3.19. The molecule has 5 nitrogen and oxygen atoms in total. The van der Waals surface area contributed by atoms with Crippen LogP contribution in [0.2, 0.25) is 0 Å². The maximum atomic E-state index is 13.5. The highest BCUT2D eigenvalue weighted by Gasteiger charge is 2.14. The summed E-state index contributed by atoms with van der Waals surface area (Å²) in [4.78, 5) is 21.6. The summed E-state index contributed by atoms with van der Waals surface area (Å²) in [5.74, 6) is 0.304. The zero-order valence-electron chi connectivity index (χ0n) is 18.1. The maximum absolute atomic E-state index is 13.5. The minimum absolute atomic E-state index is 0.0630. The molecule has 0 bridgehead atoms. The first kappa shape index (κ1) is 22.0. The Balaban J connectivity index is 1.55. The molecule has 1 N–H and O–H groups in total. The molecule has 0 saturated heterocycles. The van der Waals surface area contributed by atoms with Crippen molar-refractivity contribution < 1.29 is 9.18 Å². The number of nitrogens with one attached hydrogen (secondary N) is 1. The van der Waals surface area contributed by atoms with Crippen molar-refractivity contribution in [3.8, 4) is 0 Å². The molecule has 0 aliphatic rings. The maximum Gasteiger partial charge on any atom is 0.251 e. The number of carbonyl (C=O) groups is 1. The van der Waals surface area contributed by atoms with Crippen LogP contribution in [0.5, 0.6) is 0 Å². The Labute approximate surface area is 191 Å². The van der Waals surface area contributed by atoms with Crippen LogP contribution >= 0.6 is 11.8 Å². The van der Waals surface area contributed by atoms with E-state index < -0.39 is 0 Å². The molecule has 32 heavy (non-hydrogen) atoms. The minimum atomic E-state index is -0.240. The second-order valence-corrected chi connectivity index (χ2v) is 8.67. The Morgan fingerprint density at radius 2 is 1.94 bits per heavy atom. The summed E-state index contributed by atoms with van der Waals surface area (Å²) in [6.45, 7) is 4.61. The third-order valence-corrected chi connectivity index (χ3v) is 6.32. The minimum Gasteiger partial charge on any atom is -0.350 e. The first-order chi connectivity index (χ1) is 15.5. The molecule has 0 unspecified atom stereocenters. The lowest BCUT2D eigenvalue weighted by molar-refractivity contribution is 0.0939. The van der Waals surface area contributed by atoms with Crippen molar-refractivity contribution in [2.45, 2.75) is 43.8 Å². The van der Waals surface area contributed by atoms with E-state index in [1.165, 1.54) is 6.07 Å². The highest BCUT2D eigenvalue weighted by atomic mass is 32.2. The highest BCUT2D eigenvalue weighted by molar-refractivity contribution is 7.98. The first-order valence-electron chi connectivity index (χ1n) is 10.6. The van der Waals surface area contributed by atoms with Gasteiger partial charge in [-0.15, -0.1) is 0 Å². The summed E-state index contributed by atoms with van der Waals surface area (Å²) < 4.78 is 15.6. The quantitative estimate of drug-likeness (QED) is 0.365. The lowest BCUT2D eigenvalue weighted by Crippen LogP contribution is -2.31. The summed E-state index contributed by atoms with van der Waals surface area (Å²) in [5.41, 5.74) is 4.20. The van der Waals surface area contributed by atoms with Crippen molar-refractivity contribution in [3.63, 3.8) is 0 Å². The molecule has 1 amide bonds. The number of thioether (sulfide) groups is 1. The largest absolute Gasteiger partial charge is 0.350 e. The number of carbonyl (C=O) groups excluding carboxylic acids is 1. The summed E-state index contributed by atoms with van der Waals surface area (Å²) >= 11 is 1.55. The predicted octanol–water partition coefficient (Wildman–Crippen LogP) is 5.44. The van der Waals surface area contributed by atoms with Crippen molar-refractivity contribution in [3.05, 3.63) is 89.4 Å². The SMILES string of the molecule is CC[C@@H](C)NC(=O)c1ccc(Cn2c(SCc3cccc(F)c3)nc3cccnc32)cc1. The summed E-state index contributed by atoms with van der Waals surface area (Å²) in [5, 5.41) is 3.81. The molecule has 164 valence electrons. The van der Waals surface area contributed by atoms with Crippen LogP contribution in [0, 0.1) is 5.82 Å². The smallest absolute Gasteiger partial charge is 0.251 e. The molecule has 0 fully saturated rings. The molecule has 0 aliphatic carbocycles. The molecule has 0 saturated carbocycles. The number of fused-ring (bicyclic) bond motifs is 1. The van der Waals surface area contributed by atoms with Gasteiger partial charge in [0.15, 0.2) is 10.8 Å². The van der Waals surface area contributed by atoms with E-state index in [0.717, 1.165) is 33.9 Å². The van der Waals surface area contributed by atoms with Gasteiger partial charge in [0, 0.05) is 23.6 Å². The molecule has 2 aromatic carbocycles. The van der Waals surface area contributed by atoms with Gasteiger partial charge in [-0.2, -0.15) is 0 Å². The van der Waals surface area contributed by atoms with Gasteiger partial charge in [-0.05, 0) is 60.9 Å². The van der Waals surface area contributed by atoms with Crippen LogP contribution in [-0.4, -0.2) is 26.5 Å². The second kappa shape index (κ2) is 9.96. The number of pyridine rings is 1. The van der Waals surface area contributed by atoms with Crippen molar-refractivity contribution in [2.75, 3.05) is 0 Å². The van der Waals surface area contributed by atoms with Gasteiger partial charge in [0.25, 0.3) is 5.91 Å². The third-order valence-electron chi connectivity index (χ3n) is 5.27. The highest BCUT2D eigenvalue weighted by Crippen LogP contribution is 2.27. The zero-order valence-corrected chi connectivity index (χ0v) is 18.9. The number of nitrogens with zero attached hydrogens (tertiary/aromatic N) is 3. The van der Waals surface area contributed by atoms with E-state index in [0.29, 0.717) is 17.9 Å². The standard InChI is InChI=1S/C25H25FN4OS/c1-3-17(2)28-24(31)20-11-9-18(10-12-20)15-30-23-22(8-5-13-27-23)29-25(30)32-16-19-6-4-7-21(26)14-19/h4-14,17H,3,15-16H2,1-2H3,(H,28,31)/t17-/m1/s1. The monoisotopic (exact) mass is 448 g/mol. The van der Waals surface area contributed by atoms with Crippen molar-refractivity contribution in [1.29, 1.82) is 0 Å². The van der Waals surface area contributed by atoms with Crippen molar-refractivity contribution in [1.82, 2.24) is 19.9 Å². The Morgan fingerprint density at radius 1 is 1.12 bits per heavy atom. The lowest BCUT2D eigenvalue weighted by Gasteiger charge is -2.12. The summed E-state index contributed by atoms with van der Waals surface area (Å²) in [6.07, 6.45) is 2.64. The van der Waals surface area contributed by atoms with Crippen LogP contribution in [-0.2, 0) is 12.3 Å². The van der Waals surface area contributed by atoms with Crippen LogP contribution in [0.3, 0.4) is 0 Å². The van der Waals surface area contributed by atoms with E-state index in [4.69, 9.17) is 4.98 Å². The molecule has 4 aromatic rings. The molecule has 7 heteroatoms. The van der Waals surface area contributed by atoms with Gasteiger partial charge >= 0.3 is 0 Å². The predicted molar refractivity (Wildman–Crippen MR) is 126 cm³/mol. The number of benzene rings is 2. The van der Waals surface area contributed by atoms with Crippen LogP contribution in [0.25, 0.3) is 11.2 Å². The van der Waals surface area contributed by atoms with Gasteiger partial charge in [0.2, 0.25) is 0 Å². The molecule has 4 rings (SSSR count). The normalized spacial score (nSPS) is 12.1. The van der Waals surface area contributed by atoms with Crippen LogP contribution < -0.4 is 5.32 Å². The van der Waals surface area contributed by atoms with E-state index in [-0.39, 0.29) is 17.8 Å². The van der Waals surface area contributed by atoms with Crippen LogP contribution in [0.15, 0.2) is 72.0 Å². The number of imidazole rings is 1. The lowest BCUT2D eigenvalue weighted by atomic mass is 10.1. The second-order valence-electron chi connectivity index (χ2n) is 7.72. The van der Waals surface area contributed by atoms with E-state index >= 15 is 0 Å². The number of hydrogen-bond donors (Lipinski definition) is 1. The number of hydrogen-bond acceptors (Lipinski definition) is 4. The number of rotatable bonds is 8. The molecule has 2 heterocycles. The van der Waals surface area contributed by atoms with Gasteiger partial charge in [-0.25, -0.2) is 14.4 Å². The average molecular weight is 449 g/mol. The molecule has 2 aromatic heterocycles. The molecule has 0 aliphatic heterocycles. The van der Waals surface area contributed by atoms with E-state index in [2.05, 4.69) is 14.9 Å². The van der Waals surface area contributed by atoms with E-state index in [9.17, 15) is 9.18 Å². The fraction of sp³-hybridized carbons (Fsp3) is 0.240. The molecular weight excluding hydrogens is 423 g/mol. The topological polar surface area (TPSA) is 59.8 Å². The number of halogens is 1. The third kappa shape index (κ3) is 5.16.